The molecule has 2 rings (SSSR count). The van der Waals surface area contributed by atoms with Gasteiger partial charge >= 0.3 is 0 Å². The maximum absolute atomic E-state index is 12.4. The van der Waals surface area contributed by atoms with E-state index in [1.54, 1.807) is 0 Å². The lowest BCUT2D eigenvalue weighted by molar-refractivity contribution is -0.155. The van der Waals surface area contributed by atoms with E-state index >= 15 is 0 Å². The number of hydrogen-bond acceptors (Lipinski definition) is 3. The molecule has 0 aromatic heterocycles. The van der Waals surface area contributed by atoms with Crippen molar-refractivity contribution in [1.29, 1.82) is 0 Å². The Hall–Kier alpha value is -0.960. The molecule has 2 aliphatic rings. The molecular formula is C15H22O3. The van der Waals surface area contributed by atoms with Crippen LogP contribution in [0.2, 0.25) is 0 Å². The first-order valence-electron chi connectivity index (χ1n) is 6.75. The van der Waals surface area contributed by atoms with Gasteiger partial charge in [0.2, 0.25) is 0 Å². The van der Waals surface area contributed by atoms with Crippen molar-refractivity contribution in [1.82, 2.24) is 0 Å². The molecule has 1 N–H and O–H groups in total. The zero-order chi connectivity index (χ0) is 13.7. The van der Waals surface area contributed by atoms with Crippen LogP contribution in [0.1, 0.15) is 47.0 Å². The lowest BCUT2D eigenvalue weighted by Gasteiger charge is -2.49. The molecule has 18 heavy (non-hydrogen) atoms. The van der Waals surface area contributed by atoms with Crippen LogP contribution in [0, 0.1) is 17.8 Å². The lowest BCUT2D eigenvalue weighted by Crippen LogP contribution is -2.57. The van der Waals surface area contributed by atoms with Crippen molar-refractivity contribution >= 4 is 11.6 Å². The third-order valence-electron chi connectivity index (χ3n) is 4.72. The number of hydrogen-bond donors (Lipinski definition) is 1. The van der Waals surface area contributed by atoms with Gasteiger partial charge in [-0.3, -0.25) is 9.59 Å². The quantitative estimate of drug-likeness (QED) is 0.671. The molecule has 0 amide bonds. The maximum atomic E-state index is 12.4. The highest BCUT2D eigenvalue weighted by Crippen LogP contribution is 2.48. The first kappa shape index (κ1) is 13.5. The molecule has 0 heterocycles. The van der Waals surface area contributed by atoms with Gasteiger partial charge in [0.25, 0.3) is 0 Å². The van der Waals surface area contributed by atoms with Gasteiger partial charge < -0.3 is 5.11 Å². The Morgan fingerprint density at radius 2 is 1.89 bits per heavy atom. The smallest absolute Gasteiger partial charge is 0.160 e. The molecule has 4 unspecified atom stereocenters. The van der Waals surface area contributed by atoms with Crippen molar-refractivity contribution in [2.45, 2.75) is 52.6 Å². The van der Waals surface area contributed by atoms with Gasteiger partial charge in [-0.1, -0.05) is 19.4 Å². The van der Waals surface area contributed by atoms with Crippen LogP contribution in [-0.4, -0.2) is 22.3 Å². The monoisotopic (exact) mass is 250 g/mol. The zero-order valence-corrected chi connectivity index (χ0v) is 11.6. The van der Waals surface area contributed by atoms with Crippen LogP contribution < -0.4 is 0 Å². The van der Waals surface area contributed by atoms with Gasteiger partial charge in [-0.05, 0) is 32.6 Å². The number of carbonyl (C=O) groups is 2. The van der Waals surface area contributed by atoms with Crippen LogP contribution in [-0.2, 0) is 9.59 Å². The van der Waals surface area contributed by atoms with Crippen molar-refractivity contribution < 1.29 is 14.7 Å². The zero-order valence-electron chi connectivity index (χ0n) is 11.6. The van der Waals surface area contributed by atoms with E-state index in [4.69, 9.17) is 0 Å². The maximum Gasteiger partial charge on any atom is 0.160 e. The Bertz CT molecular complexity index is 431. The van der Waals surface area contributed by atoms with E-state index in [1.807, 2.05) is 27.7 Å². The lowest BCUT2D eigenvalue weighted by atomic mass is 9.57. The van der Waals surface area contributed by atoms with Gasteiger partial charge in [0.15, 0.2) is 5.78 Å². The van der Waals surface area contributed by atoms with E-state index in [0.29, 0.717) is 18.4 Å². The number of rotatable bonds is 0. The Morgan fingerprint density at radius 1 is 1.28 bits per heavy atom. The van der Waals surface area contributed by atoms with Gasteiger partial charge in [0, 0.05) is 17.9 Å². The largest absolute Gasteiger partial charge is 0.388 e. The van der Waals surface area contributed by atoms with E-state index in [9.17, 15) is 14.7 Å². The average Bonchev–Trinajstić information content (AvgIpc) is 2.27. The Balaban J connectivity index is 2.56. The highest BCUT2D eigenvalue weighted by molar-refractivity contribution is 6.05. The normalized spacial score (nSPS) is 40.7. The molecule has 0 radical (unpaired) electrons. The van der Waals surface area contributed by atoms with Crippen LogP contribution in [0.5, 0.6) is 0 Å². The summed E-state index contributed by atoms with van der Waals surface area (Å²) in [5, 5.41) is 10.9. The summed E-state index contributed by atoms with van der Waals surface area (Å²) in [6, 6.07) is 0. The second kappa shape index (κ2) is 4.30. The third-order valence-corrected chi connectivity index (χ3v) is 4.72. The molecular weight excluding hydrogens is 228 g/mol. The number of aliphatic hydroxyl groups is 1. The average molecular weight is 250 g/mol. The third kappa shape index (κ3) is 1.76. The first-order chi connectivity index (χ1) is 8.29. The Kier molecular flexibility index (Phi) is 3.22. The molecule has 0 saturated heterocycles. The van der Waals surface area contributed by atoms with Gasteiger partial charge in [-0.15, -0.1) is 0 Å². The molecule has 0 aliphatic heterocycles. The van der Waals surface area contributed by atoms with Crippen molar-refractivity contribution in [2.75, 3.05) is 0 Å². The molecule has 0 aromatic carbocycles. The van der Waals surface area contributed by atoms with Crippen LogP contribution in [0.15, 0.2) is 11.1 Å². The van der Waals surface area contributed by atoms with E-state index in [1.165, 1.54) is 0 Å². The summed E-state index contributed by atoms with van der Waals surface area (Å²) in [6.45, 7) is 7.50. The van der Waals surface area contributed by atoms with Crippen LogP contribution in [0.3, 0.4) is 0 Å². The Morgan fingerprint density at radius 3 is 2.44 bits per heavy atom. The van der Waals surface area contributed by atoms with Crippen molar-refractivity contribution in [3.8, 4) is 0 Å². The standard InChI is InChI=1S/C15H22O3/c1-8(2)12-11(16)7-10(4)15(18)6-5-9(3)14(17)13(12)15/h9-10,13,18H,5-7H2,1-4H3. The first-order valence-corrected chi connectivity index (χ1v) is 6.75. The van der Waals surface area contributed by atoms with Crippen LogP contribution >= 0.6 is 0 Å². The topological polar surface area (TPSA) is 54.4 Å². The molecule has 3 heteroatoms. The summed E-state index contributed by atoms with van der Waals surface area (Å²) in [5.41, 5.74) is 0.439. The molecule has 0 aromatic rings. The molecule has 2 fully saturated rings. The molecule has 3 nitrogen and oxygen atoms in total. The fourth-order valence-electron chi connectivity index (χ4n) is 3.48. The molecule has 4 atom stereocenters. The van der Waals surface area contributed by atoms with Crippen LogP contribution in [0.25, 0.3) is 0 Å². The highest BCUT2D eigenvalue weighted by Gasteiger charge is 2.55. The van der Waals surface area contributed by atoms with Crippen molar-refractivity contribution in [2.24, 2.45) is 17.8 Å². The summed E-state index contributed by atoms with van der Waals surface area (Å²) < 4.78 is 0. The number of Topliss-reactive ketones (excluding diaryl/α,β-unsaturated/α-hetero) is 2. The highest BCUT2D eigenvalue weighted by atomic mass is 16.3. The minimum atomic E-state index is -1.01. The second-order valence-electron chi connectivity index (χ2n) is 6.21. The van der Waals surface area contributed by atoms with Crippen LogP contribution in [0.4, 0.5) is 0 Å². The molecule has 0 spiro atoms. The second-order valence-corrected chi connectivity index (χ2v) is 6.21. The molecule has 100 valence electrons. The van der Waals surface area contributed by atoms with E-state index in [2.05, 4.69) is 0 Å². The van der Waals surface area contributed by atoms with Gasteiger partial charge in [-0.25, -0.2) is 0 Å². The van der Waals surface area contributed by atoms with Crippen molar-refractivity contribution in [3.63, 3.8) is 0 Å². The van der Waals surface area contributed by atoms with E-state index < -0.39 is 11.5 Å². The van der Waals surface area contributed by atoms with Crippen molar-refractivity contribution in [3.05, 3.63) is 11.1 Å². The number of carbonyl (C=O) groups excluding carboxylic acids is 2. The van der Waals surface area contributed by atoms with Gasteiger partial charge in [0.05, 0.1) is 11.5 Å². The fraction of sp³-hybridized carbons (Fsp3) is 0.733. The molecule has 0 bridgehead atoms. The SMILES string of the molecule is CC(C)=C1C(=O)CC(C)C2(O)CCC(C)C(=O)C12. The fourth-order valence-corrected chi connectivity index (χ4v) is 3.48. The van der Waals surface area contributed by atoms with Gasteiger partial charge in [-0.2, -0.15) is 0 Å². The molecule has 2 saturated carbocycles. The number of fused-ring (bicyclic) bond motifs is 1. The number of allylic oxidation sites excluding steroid dienone is 1. The van der Waals surface area contributed by atoms with Gasteiger partial charge in [0.1, 0.15) is 5.78 Å². The van der Waals surface area contributed by atoms with E-state index in [0.717, 1.165) is 12.0 Å². The minimum Gasteiger partial charge on any atom is -0.388 e. The molecule has 2 aliphatic carbocycles. The summed E-state index contributed by atoms with van der Waals surface area (Å²) in [6.07, 6.45) is 1.70. The summed E-state index contributed by atoms with van der Waals surface area (Å²) >= 11 is 0. The predicted molar refractivity (Wildman–Crippen MR) is 69.0 cm³/mol. The number of ketones is 2. The summed E-state index contributed by atoms with van der Waals surface area (Å²) in [4.78, 5) is 24.6. The summed E-state index contributed by atoms with van der Waals surface area (Å²) in [7, 11) is 0. The van der Waals surface area contributed by atoms with E-state index in [-0.39, 0.29) is 23.4 Å². The summed E-state index contributed by atoms with van der Waals surface area (Å²) in [5.74, 6) is -0.695. The predicted octanol–water partition coefficient (Wildman–Crippen LogP) is 2.28. The Labute approximate surface area is 108 Å². The minimum absolute atomic E-state index is 0.0413.